The van der Waals surface area contributed by atoms with Gasteiger partial charge in [-0.3, -0.25) is 14.4 Å². The molecule has 10 heteroatoms. The summed E-state index contributed by atoms with van der Waals surface area (Å²) in [5.41, 5.74) is 1.50. The van der Waals surface area contributed by atoms with Crippen LogP contribution in [-0.4, -0.2) is 65.8 Å². The fourth-order valence-corrected chi connectivity index (χ4v) is 4.52. The van der Waals surface area contributed by atoms with E-state index in [0.717, 1.165) is 17.5 Å². The first kappa shape index (κ1) is 35.3. The average molecular weight is 597 g/mol. The van der Waals surface area contributed by atoms with Gasteiger partial charge in [-0.25, -0.2) is 4.79 Å². The van der Waals surface area contributed by atoms with Crippen molar-refractivity contribution in [2.75, 3.05) is 13.1 Å². The van der Waals surface area contributed by atoms with E-state index in [1.165, 1.54) is 0 Å². The summed E-state index contributed by atoms with van der Waals surface area (Å²) < 4.78 is 5.45. The van der Waals surface area contributed by atoms with Crippen LogP contribution in [0.5, 0.6) is 0 Å². The molecule has 3 atom stereocenters. The molecule has 0 aliphatic heterocycles. The molecule has 0 aliphatic rings. The number of carboxylic acids is 1. The molecule has 0 unspecified atom stereocenters. The first-order chi connectivity index (χ1) is 20.3. The maximum Gasteiger partial charge on any atom is 0.407 e. The molecule has 2 aromatic rings. The highest BCUT2D eigenvalue weighted by atomic mass is 16.6. The molecule has 0 aliphatic carbocycles. The lowest BCUT2D eigenvalue weighted by Crippen LogP contribution is -2.56. The Morgan fingerprint density at radius 2 is 1.47 bits per heavy atom. The van der Waals surface area contributed by atoms with Gasteiger partial charge in [-0.2, -0.15) is 0 Å². The highest BCUT2D eigenvalue weighted by Gasteiger charge is 2.29. The van der Waals surface area contributed by atoms with Crippen molar-refractivity contribution in [1.82, 2.24) is 21.3 Å². The van der Waals surface area contributed by atoms with Crippen molar-refractivity contribution in [1.29, 1.82) is 0 Å². The fourth-order valence-electron chi connectivity index (χ4n) is 4.52. The van der Waals surface area contributed by atoms with Crippen molar-refractivity contribution in [3.8, 4) is 0 Å². The number of carboxylic acid groups (broad SMARTS) is 1. The summed E-state index contributed by atoms with van der Waals surface area (Å²) in [4.78, 5) is 50.3. The van der Waals surface area contributed by atoms with E-state index in [9.17, 15) is 24.3 Å². The lowest BCUT2D eigenvalue weighted by Gasteiger charge is -2.28. The molecule has 0 fully saturated rings. The van der Waals surface area contributed by atoms with E-state index >= 15 is 0 Å². The van der Waals surface area contributed by atoms with Gasteiger partial charge in [0, 0.05) is 25.6 Å². The lowest BCUT2D eigenvalue weighted by atomic mass is 10.0. The monoisotopic (exact) mass is 596 g/mol. The van der Waals surface area contributed by atoms with E-state index in [4.69, 9.17) is 4.74 Å². The van der Waals surface area contributed by atoms with Crippen molar-refractivity contribution >= 4 is 23.9 Å². The molecule has 236 valence electrons. The van der Waals surface area contributed by atoms with Crippen LogP contribution >= 0.6 is 0 Å². The summed E-state index contributed by atoms with van der Waals surface area (Å²) in [6.45, 7) is 9.77. The SMILES string of the molecule is CC(C)[C@H](NC[C@H](Cc1ccccc1)NC(=O)OC(C)(C)C)C(=O)N[C@@H](CCC(=O)O)C(=O)NCCCc1ccccc1. The van der Waals surface area contributed by atoms with Crippen molar-refractivity contribution in [2.24, 2.45) is 5.92 Å². The molecular weight excluding hydrogens is 548 g/mol. The summed E-state index contributed by atoms with van der Waals surface area (Å²) >= 11 is 0. The maximum absolute atomic E-state index is 13.4. The molecule has 0 saturated carbocycles. The Hall–Kier alpha value is -3.92. The van der Waals surface area contributed by atoms with Crippen LogP contribution in [0.25, 0.3) is 0 Å². The summed E-state index contributed by atoms with van der Waals surface area (Å²) in [6.07, 6.45) is 1.14. The Bertz CT molecular complexity index is 1150. The standard InChI is InChI=1S/C33H48N4O6/c1-23(2)29(35-22-26(21-25-15-10-7-11-16-25)36-32(42)43-33(3,4)5)31(41)37-27(18-19-28(38)39)30(40)34-20-12-17-24-13-8-6-9-14-24/h6-11,13-16,23,26-27,29,35H,12,17-22H2,1-5H3,(H,34,40)(H,36,42)(H,37,41)(H,38,39)/t26-,27-,29-/m0/s1. The molecule has 0 radical (unpaired) electrons. The van der Waals surface area contributed by atoms with Gasteiger partial charge in [0.1, 0.15) is 11.6 Å². The van der Waals surface area contributed by atoms with Crippen molar-refractivity contribution < 1.29 is 29.0 Å². The Morgan fingerprint density at radius 3 is 2.02 bits per heavy atom. The highest BCUT2D eigenvalue weighted by Crippen LogP contribution is 2.10. The van der Waals surface area contributed by atoms with Gasteiger partial charge in [0.05, 0.1) is 6.04 Å². The predicted molar refractivity (Wildman–Crippen MR) is 167 cm³/mol. The number of aliphatic carboxylic acids is 1. The van der Waals surface area contributed by atoms with Gasteiger partial charge in [0.25, 0.3) is 0 Å². The third-order valence-electron chi connectivity index (χ3n) is 6.64. The zero-order valence-electron chi connectivity index (χ0n) is 26.0. The zero-order valence-corrected chi connectivity index (χ0v) is 26.0. The van der Waals surface area contributed by atoms with E-state index in [2.05, 4.69) is 21.3 Å². The normalized spacial score (nSPS) is 13.4. The van der Waals surface area contributed by atoms with Crippen LogP contribution in [0.15, 0.2) is 60.7 Å². The second-order valence-corrected chi connectivity index (χ2v) is 12.0. The number of carbonyl (C=O) groups excluding carboxylic acids is 3. The van der Waals surface area contributed by atoms with Crippen molar-refractivity contribution in [2.45, 2.75) is 90.4 Å². The number of hydrogen-bond acceptors (Lipinski definition) is 6. The maximum atomic E-state index is 13.4. The Morgan fingerprint density at radius 1 is 0.860 bits per heavy atom. The number of nitrogens with one attached hydrogen (secondary N) is 4. The van der Waals surface area contributed by atoms with Crippen molar-refractivity contribution in [3.05, 3.63) is 71.8 Å². The molecule has 10 nitrogen and oxygen atoms in total. The summed E-state index contributed by atoms with van der Waals surface area (Å²) in [5, 5.41) is 21.0. The van der Waals surface area contributed by atoms with Gasteiger partial charge in [-0.05, 0) is 63.5 Å². The second kappa shape index (κ2) is 17.9. The Kier molecular flexibility index (Phi) is 14.7. The number of rotatable bonds is 17. The minimum absolute atomic E-state index is 0.0345. The molecule has 0 spiro atoms. The molecule has 0 saturated heterocycles. The van der Waals surface area contributed by atoms with E-state index < -0.39 is 41.6 Å². The molecule has 0 aromatic heterocycles. The highest BCUT2D eigenvalue weighted by molar-refractivity contribution is 5.90. The first-order valence-corrected chi connectivity index (χ1v) is 14.9. The number of amides is 3. The topological polar surface area (TPSA) is 146 Å². The van der Waals surface area contributed by atoms with Gasteiger partial charge in [-0.15, -0.1) is 0 Å². The quantitative estimate of drug-likeness (QED) is 0.175. The number of hydrogen-bond donors (Lipinski definition) is 5. The van der Waals surface area contributed by atoms with Crippen LogP contribution in [0.1, 0.15) is 65.0 Å². The molecule has 43 heavy (non-hydrogen) atoms. The third kappa shape index (κ3) is 14.7. The minimum atomic E-state index is -1.05. The molecule has 0 heterocycles. The van der Waals surface area contributed by atoms with Crippen LogP contribution in [-0.2, 0) is 32.0 Å². The third-order valence-corrected chi connectivity index (χ3v) is 6.64. The molecule has 2 rings (SSSR count). The molecule has 5 N–H and O–H groups in total. The molecule has 2 aromatic carbocycles. The van der Waals surface area contributed by atoms with Gasteiger partial charge in [0.2, 0.25) is 11.8 Å². The Labute approximate surface area is 255 Å². The number of ether oxygens (including phenoxy) is 1. The summed E-state index contributed by atoms with van der Waals surface area (Å²) in [5.74, 6) is -2.04. The average Bonchev–Trinajstić information content (AvgIpc) is 2.93. The van der Waals surface area contributed by atoms with Gasteiger partial charge < -0.3 is 31.1 Å². The van der Waals surface area contributed by atoms with Gasteiger partial charge in [-0.1, -0.05) is 74.5 Å². The molecular formula is C33H48N4O6. The predicted octanol–water partition coefficient (Wildman–Crippen LogP) is 3.84. The number of aryl methyl sites for hydroxylation is 1. The van der Waals surface area contributed by atoms with Crippen LogP contribution in [0, 0.1) is 5.92 Å². The number of benzene rings is 2. The van der Waals surface area contributed by atoms with Gasteiger partial charge >= 0.3 is 12.1 Å². The summed E-state index contributed by atoms with van der Waals surface area (Å²) in [6, 6.07) is 17.5. The van der Waals surface area contributed by atoms with Crippen LogP contribution in [0.2, 0.25) is 0 Å². The number of carbonyl (C=O) groups is 4. The number of alkyl carbamates (subject to hydrolysis) is 1. The molecule has 0 bridgehead atoms. The fraction of sp³-hybridized carbons (Fsp3) is 0.515. The Balaban J connectivity index is 2.04. The van der Waals surface area contributed by atoms with E-state index in [1.807, 2.05) is 74.5 Å². The molecule has 3 amide bonds. The summed E-state index contributed by atoms with van der Waals surface area (Å²) in [7, 11) is 0. The van der Waals surface area contributed by atoms with E-state index in [1.54, 1.807) is 20.8 Å². The van der Waals surface area contributed by atoms with Crippen LogP contribution < -0.4 is 21.3 Å². The second-order valence-electron chi connectivity index (χ2n) is 12.0. The van der Waals surface area contributed by atoms with Crippen LogP contribution in [0.4, 0.5) is 4.79 Å². The van der Waals surface area contributed by atoms with Crippen molar-refractivity contribution in [3.63, 3.8) is 0 Å². The van der Waals surface area contributed by atoms with Gasteiger partial charge in [0.15, 0.2) is 0 Å². The van der Waals surface area contributed by atoms with Crippen LogP contribution in [0.3, 0.4) is 0 Å². The smallest absolute Gasteiger partial charge is 0.407 e. The first-order valence-electron chi connectivity index (χ1n) is 14.9. The van der Waals surface area contributed by atoms with E-state index in [0.29, 0.717) is 19.4 Å². The largest absolute Gasteiger partial charge is 0.481 e. The zero-order chi connectivity index (χ0) is 31.8. The lowest BCUT2D eigenvalue weighted by molar-refractivity contribution is -0.138. The minimum Gasteiger partial charge on any atom is -0.481 e. The van der Waals surface area contributed by atoms with E-state index in [-0.39, 0.29) is 31.3 Å².